The Balaban J connectivity index is 2.66. The Labute approximate surface area is 79.8 Å². The summed E-state index contributed by atoms with van der Waals surface area (Å²) in [5.74, 6) is 0. The standard InChI is InChI=1S/C6H12ClNO5/c7-8-3-5(11)4(10)2(1-9)13-6(3)12/h2-6,8-12H,1H2/t2?,3-,4+,5?,6?/m0/s1. The van der Waals surface area contributed by atoms with E-state index in [2.05, 4.69) is 4.84 Å². The van der Waals surface area contributed by atoms with Crippen LogP contribution in [-0.2, 0) is 4.74 Å². The van der Waals surface area contributed by atoms with Gasteiger partial charge in [0.15, 0.2) is 6.29 Å². The van der Waals surface area contributed by atoms with Crippen molar-refractivity contribution in [3.63, 3.8) is 0 Å². The van der Waals surface area contributed by atoms with Crippen LogP contribution in [0.1, 0.15) is 0 Å². The minimum absolute atomic E-state index is 0.482. The van der Waals surface area contributed by atoms with Gasteiger partial charge in [-0.25, -0.2) is 4.84 Å². The zero-order valence-electron chi connectivity index (χ0n) is 6.67. The van der Waals surface area contributed by atoms with Gasteiger partial charge in [-0.05, 0) is 11.8 Å². The molecule has 1 aliphatic rings. The van der Waals surface area contributed by atoms with Gasteiger partial charge in [0.25, 0.3) is 0 Å². The molecule has 1 fully saturated rings. The first kappa shape index (κ1) is 11.1. The average Bonchev–Trinajstić information content (AvgIpc) is 2.12. The first-order chi connectivity index (χ1) is 6.11. The monoisotopic (exact) mass is 213 g/mol. The molecule has 3 unspecified atom stereocenters. The van der Waals surface area contributed by atoms with Crippen molar-refractivity contribution in [3.05, 3.63) is 0 Å². The van der Waals surface area contributed by atoms with Gasteiger partial charge in [-0.2, -0.15) is 0 Å². The van der Waals surface area contributed by atoms with E-state index in [1.165, 1.54) is 0 Å². The van der Waals surface area contributed by atoms with Crippen LogP contribution in [-0.4, -0.2) is 57.7 Å². The first-order valence-corrected chi connectivity index (χ1v) is 4.16. The van der Waals surface area contributed by atoms with Crippen LogP contribution in [0.15, 0.2) is 0 Å². The number of rotatable bonds is 2. The van der Waals surface area contributed by atoms with Gasteiger partial charge in [0.05, 0.1) is 6.61 Å². The summed E-state index contributed by atoms with van der Waals surface area (Å²) in [6, 6.07) is -0.973. The molecule has 78 valence electrons. The Bertz CT molecular complexity index is 171. The largest absolute Gasteiger partial charge is 0.394 e. The van der Waals surface area contributed by atoms with Crippen molar-refractivity contribution in [1.82, 2.24) is 4.84 Å². The molecule has 1 aliphatic heterocycles. The Kier molecular flexibility index (Phi) is 3.87. The number of aliphatic hydroxyl groups is 4. The normalized spacial score (nSPS) is 46.4. The zero-order chi connectivity index (χ0) is 10.0. The summed E-state index contributed by atoms with van der Waals surface area (Å²) < 4.78 is 4.77. The summed E-state index contributed by atoms with van der Waals surface area (Å²) in [6.07, 6.45) is -4.90. The van der Waals surface area contributed by atoms with Crippen LogP contribution in [0.3, 0.4) is 0 Å². The third-order valence-electron chi connectivity index (χ3n) is 2.03. The maximum atomic E-state index is 9.36. The molecule has 0 radical (unpaired) electrons. The SMILES string of the molecule is OCC1OC(O)[C@@H](NCl)C(O)[C@@H]1O. The Morgan fingerprint density at radius 3 is 2.31 bits per heavy atom. The minimum atomic E-state index is -1.35. The maximum Gasteiger partial charge on any atom is 0.174 e. The van der Waals surface area contributed by atoms with E-state index in [1.54, 1.807) is 0 Å². The second kappa shape index (κ2) is 4.52. The van der Waals surface area contributed by atoms with Crippen molar-refractivity contribution in [3.8, 4) is 0 Å². The molecule has 0 bridgehead atoms. The predicted octanol–water partition coefficient (Wildman–Crippen LogP) is -2.47. The quantitative estimate of drug-likeness (QED) is 0.326. The summed E-state index contributed by atoms with van der Waals surface area (Å²) in [7, 11) is 0. The second-order valence-corrected chi connectivity index (χ2v) is 3.08. The van der Waals surface area contributed by atoms with Gasteiger partial charge in [-0.3, -0.25) is 0 Å². The van der Waals surface area contributed by atoms with Gasteiger partial charge in [0.1, 0.15) is 24.4 Å². The lowest BCUT2D eigenvalue weighted by Crippen LogP contribution is -2.61. The lowest BCUT2D eigenvalue weighted by Gasteiger charge is -2.39. The molecule has 0 spiro atoms. The van der Waals surface area contributed by atoms with Gasteiger partial charge in [0, 0.05) is 0 Å². The highest BCUT2D eigenvalue weighted by molar-refractivity contribution is 6.13. The molecule has 7 heteroatoms. The molecule has 5 atom stereocenters. The Hall–Kier alpha value is 0.0500. The summed E-state index contributed by atoms with van der Waals surface area (Å²) >= 11 is 5.20. The molecule has 6 nitrogen and oxygen atoms in total. The molecule has 1 rings (SSSR count). The molecule has 5 N–H and O–H groups in total. The zero-order valence-corrected chi connectivity index (χ0v) is 7.42. The number of hydrogen-bond acceptors (Lipinski definition) is 6. The molecule has 0 saturated carbocycles. The van der Waals surface area contributed by atoms with Crippen molar-refractivity contribution in [2.75, 3.05) is 6.61 Å². The Morgan fingerprint density at radius 2 is 1.85 bits per heavy atom. The lowest BCUT2D eigenvalue weighted by atomic mass is 9.98. The molecule has 13 heavy (non-hydrogen) atoms. The fourth-order valence-corrected chi connectivity index (χ4v) is 1.45. The van der Waals surface area contributed by atoms with E-state index >= 15 is 0 Å². The first-order valence-electron chi connectivity index (χ1n) is 3.78. The van der Waals surface area contributed by atoms with Crippen LogP contribution in [0.2, 0.25) is 0 Å². The lowest BCUT2D eigenvalue weighted by molar-refractivity contribution is -0.251. The molecule has 0 aromatic heterocycles. The van der Waals surface area contributed by atoms with Gasteiger partial charge in [0.2, 0.25) is 0 Å². The van der Waals surface area contributed by atoms with Gasteiger partial charge in [-0.1, -0.05) is 0 Å². The molecular formula is C6H12ClNO5. The number of hydrogen-bond donors (Lipinski definition) is 5. The maximum absolute atomic E-state index is 9.36. The number of ether oxygens (including phenoxy) is 1. The van der Waals surface area contributed by atoms with Crippen LogP contribution in [0, 0.1) is 0 Å². The molecule has 0 aromatic rings. The number of aliphatic hydroxyl groups excluding tert-OH is 4. The smallest absolute Gasteiger partial charge is 0.174 e. The second-order valence-electron chi connectivity index (χ2n) is 2.86. The van der Waals surface area contributed by atoms with Gasteiger partial charge >= 0.3 is 0 Å². The molecule has 0 amide bonds. The third kappa shape index (κ3) is 2.10. The fourth-order valence-electron chi connectivity index (χ4n) is 1.21. The van der Waals surface area contributed by atoms with Crippen molar-refractivity contribution in [1.29, 1.82) is 0 Å². The predicted molar refractivity (Wildman–Crippen MR) is 42.8 cm³/mol. The highest BCUT2D eigenvalue weighted by atomic mass is 35.5. The van der Waals surface area contributed by atoms with E-state index in [0.717, 1.165) is 0 Å². The van der Waals surface area contributed by atoms with Gasteiger partial charge < -0.3 is 25.2 Å². The molecular weight excluding hydrogens is 202 g/mol. The van der Waals surface area contributed by atoms with Crippen molar-refractivity contribution in [2.45, 2.75) is 30.6 Å². The van der Waals surface area contributed by atoms with E-state index in [0.29, 0.717) is 0 Å². The van der Waals surface area contributed by atoms with Crippen LogP contribution in [0.4, 0.5) is 0 Å². The number of halogens is 1. The molecule has 0 aromatic carbocycles. The van der Waals surface area contributed by atoms with Gasteiger partial charge in [-0.15, -0.1) is 0 Å². The van der Waals surface area contributed by atoms with Crippen LogP contribution in [0.5, 0.6) is 0 Å². The van der Waals surface area contributed by atoms with E-state index in [9.17, 15) is 15.3 Å². The Morgan fingerprint density at radius 1 is 1.23 bits per heavy atom. The van der Waals surface area contributed by atoms with Crippen LogP contribution >= 0.6 is 11.8 Å². The van der Waals surface area contributed by atoms with Crippen molar-refractivity contribution in [2.24, 2.45) is 0 Å². The molecule has 0 aliphatic carbocycles. The highest BCUT2D eigenvalue weighted by Crippen LogP contribution is 2.19. The summed E-state index contributed by atoms with van der Waals surface area (Å²) in [5.41, 5.74) is 0. The summed E-state index contributed by atoms with van der Waals surface area (Å²) in [4.78, 5) is 2.08. The van der Waals surface area contributed by atoms with Crippen LogP contribution in [0.25, 0.3) is 0 Å². The van der Waals surface area contributed by atoms with Crippen molar-refractivity contribution < 1.29 is 25.2 Å². The van der Waals surface area contributed by atoms with Crippen LogP contribution < -0.4 is 4.84 Å². The highest BCUT2D eigenvalue weighted by Gasteiger charge is 2.43. The average molecular weight is 214 g/mol. The fraction of sp³-hybridized carbons (Fsp3) is 1.00. The summed E-state index contributed by atoms with van der Waals surface area (Å²) in [5, 5.41) is 36.6. The number of nitrogens with one attached hydrogen (secondary N) is 1. The van der Waals surface area contributed by atoms with E-state index in [4.69, 9.17) is 21.6 Å². The molecule has 1 saturated heterocycles. The molecule has 1 heterocycles. The summed E-state index contributed by atoms with van der Waals surface area (Å²) in [6.45, 7) is -0.482. The van der Waals surface area contributed by atoms with E-state index < -0.39 is 37.3 Å². The van der Waals surface area contributed by atoms with E-state index in [1.807, 2.05) is 0 Å². The third-order valence-corrected chi connectivity index (χ3v) is 2.28. The van der Waals surface area contributed by atoms with E-state index in [-0.39, 0.29) is 0 Å². The topological polar surface area (TPSA) is 102 Å². The van der Waals surface area contributed by atoms with Crippen molar-refractivity contribution >= 4 is 11.8 Å². The minimum Gasteiger partial charge on any atom is -0.394 e.